The molecule has 0 aliphatic carbocycles. The number of hydrogen-bond donors (Lipinski definition) is 2. The van der Waals surface area contributed by atoms with Gasteiger partial charge >= 0.3 is 0 Å². The van der Waals surface area contributed by atoms with Crippen LogP contribution in [0.2, 0.25) is 0 Å². The van der Waals surface area contributed by atoms with Gasteiger partial charge in [-0.25, -0.2) is 5.43 Å². The van der Waals surface area contributed by atoms with Crippen molar-refractivity contribution in [3.05, 3.63) is 54.1 Å². The molecular weight excluding hydrogens is 368 g/mol. The Labute approximate surface area is 159 Å². The zero-order chi connectivity index (χ0) is 19.1. The van der Waals surface area contributed by atoms with E-state index in [1.54, 1.807) is 16.8 Å². The molecule has 9 nitrogen and oxygen atoms in total. The summed E-state index contributed by atoms with van der Waals surface area (Å²) in [5, 5.41) is 25.5. The highest BCUT2D eigenvalue weighted by Gasteiger charge is 2.11. The molecule has 138 valence electrons. The number of phenolic OH excluding ortho intramolecular Hbond substituents is 1. The van der Waals surface area contributed by atoms with E-state index in [-0.39, 0.29) is 17.4 Å². The number of phenols is 1. The van der Waals surface area contributed by atoms with E-state index in [0.717, 1.165) is 5.69 Å². The maximum Gasteiger partial charge on any atom is 0.250 e. The molecule has 0 spiro atoms. The van der Waals surface area contributed by atoms with E-state index >= 15 is 0 Å². The molecule has 2 N–H and O–H groups in total. The lowest BCUT2D eigenvalue weighted by Gasteiger charge is -2.04. The molecule has 0 fully saturated rings. The number of benzene rings is 2. The SMILES string of the molecule is COc1cc(C=NNC(=O)CSc2nnnn2-c2ccccc2)ccc1O. The molecule has 0 aliphatic rings. The van der Waals surface area contributed by atoms with Crippen LogP contribution in [0.1, 0.15) is 5.56 Å². The summed E-state index contributed by atoms with van der Waals surface area (Å²) < 4.78 is 6.58. The Morgan fingerprint density at radius 2 is 2.15 bits per heavy atom. The van der Waals surface area contributed by atoms with Crippen molar-refractivity contribution in [3.8, 4) is 17.2 Å². The van der Waals surface area contributed by atoms with Crippen LogP contribution in [0.3, 0.4) is 0 Å². The highest BCUT2D eigenvalue weighted by molar-refractivity contribution is 7.99. The summed E-state index contributed by atoms with van der Waals surface area (Å²) in [4.78, 5) is 12.0. The van der Waals surface area contributed by atoms with Crippen LogP contribution in [-0.4, -0.2) is 50.3 Å². The van der Waals surface area contributed by atoms with E-state index in [2.05, 4.69) is 26.1 Å². The summed E-state index contributed by atoms with van der Waals surface area (Å²) in [6, 6.07) is 14.1. The molecule has 0 saturated carbocycles. The maximum absolute atomic E-state index is 12.0. The number of aromatic nitrogens is 4. The largest absolute Gasteiger partial charge is 0.504 e. The predicted molar refractivity (Wildman–Crippen MR) is 100 cm³/mol. The van der Waals surface area contributed by atoms with E-state index in [9.17, 15) is 9.90 Å². The number of para-hydroxylation sites is 1. The average Bonchev–Trinajstić information content (AvgIpc) is 3.17. The number of tetrazole rings is 1. The van der Waals surface area contributed by atoms with Crippen LogP contribution in [0.5, 0.6) is 11.5 Å². The zero-order valence-electron chi connectivity index (χ0n) is 14.3. The number of thioether (sulfide) groups is 1. The Balaban J connectivity index is 1.54. The van der Waals surface area contributed by atoms with Crippen LogP contribution in [0.15, 0.2) is 58.8 Å². The Hall–Kier alpha value is -3.40. The number of hydrogen-bond acceptors (Lipinski definition) is 8. The number of hydrazone groups is 1. The molecule has 0 atom stereocenters. The first-order valence-electron chi connectivity index (χ1n) is 7.83. The van der Waals surface area contributed by atoms with Gasteiger partial charge in [-0.2, -0.15) is 9.78 Å². The molecule has 10 heteroatoms. The van der Waals surface area contributed by atoms with Gasteiger partial charge in [-0.3, -0.25) is 4.79 Å². The first-order valence-corrected chi connectivity index (χ1v) is 8.81. The minimum atomic E-state index is -0.301. The highest BCUT2D eigenvalue weighted by atomic mass is 32.2. The Morgan fingerprint density at radius 1 is 1.33 bits per heavy atom. The first kappa shape index (κ1) is 18.4. The van der Waals surface area contributed by atoms with Crippen LogP contribution in [0.4, 0.5) is 0 Å². The van der Waals surface area contributed by atoms with Crippen LogP contribution < -0.4 is 10.2 Å². The first-order chi connectivity index (χ1) is 13.2. The van der Waals surface area contributed by atoms with Crippen LogP contribution in [0, 0.1) is 0 Å². The molecule has 27 heavy (non-hydrogen) atoms. The smallest absolute Gasteiger partial charge is 0.250 e. The Kier molecular flexibility index (Phi) is 6.00. The summed E-state index contributed by atoms with van der Waals surface area (Å²) in [7, 11) is 1.46. The van der Waals surface area contributed by atoms with Gasteiger partial charge in [0.1, 0.15) is 0 Å². The van der Waals surface area contributed by atoms with Gasteiger partial charge in [0, 0.05) is 0 Å². The second kappa shape index (κ2) is 8.81. The van der Waals surface area contributed by atoms with Crippen molar-refractivity contribution < 1.29 is 14.6 Å². The number of carbonyl (C=O) groups is 1. The normalized spacial score (nSPS) is 10.9. The van der Waals surface area contributed by atoms with Crippen molar-refractivity contribution in [2.24, 2.45) is 5.10 Å². The van der Waals surface area contributed by atoms with Crippen molar-refractivity contribution in [3.63, 3.8) is 0 Å². The number of aromatic hydroxyl groups is 1. The number of rotatable bonds is 7. The predicted octanol–water partition coefficient (Wildman–Crippen LogP) is 1.62. The van der Waals surface area contributed by atoms with Gasteiger partial charge in [0.05, 0.1) is 24.8 Å². The van der Waals surface area contributed by atoms with E-state index in [1.165, 1.54) is 31.2 Å². The lowest BCUT2D eigenvalue weighted by atomic mass is 10.2. The topological polar surface area (TPSA) is 115 Å². The van der Waals surface area contributed by atoms with Gasteiger partial charge in [0.2, 0.25) is 5.16 Å². The fourth-order valence-corrected chi connectivity index (χ4v) is 2.80. The summed E-state index contributed by atoms with van der Waals surface area (Å²) in [5.74, 6) is 0.160. The van der Waals surface area contributed by atoms with E-state index in [4.69, 9.17) is 4.74 Å². The van der Waals surface area contributed by atoms with E-state index in [0.29, 0.717) is 16.5 Å². The third-order valence-corrected chi connectivity index (χ3v) is 4.30. The molecule has 0 saturated heterocycles. The molecule has 0 unspecified atom stereocenters. The van der Waals surface area contributed by atoms with Crippen LogP contribution >= 0.6 is 11.8 Å². The number of ether oxygens (including phenoxy) is 1. The number of carbonyl (C=O) groups excluding carboxylic acids is 1. The summed E-state index contributed by atoms with van der Waals surface area (Å²) in [6.45, 7) is 0. The van der Waals surface area contributed by atoms with Crippen molar-refractivity contribution in [1.82, 2.24) is 25.6 Å². The minimum Gasteiger partial charge on any atom is -0.504 e. The second-order valence-corrected chi connectivity index (χ2v) is 6.16. The molecule has 0 bridgehead atoms. The number of methoxy groups -OCH3 is 1. The van der Waals surface area contributed by atoms with Gasteiger partial charge in [-0.1, -0.05) is 30.0 Å². The Bertz CT molecular complexity index is 945. The van der Waals surface area contributed by atoms with Crippen molar-refractivity contribution >= 4 is 23.9 Å². The average molecular weight is 384 g/mol. The number of amides is 1. The van der Waals surface area contributed by atoms with Crippen LogP contribution in [0.25, 0.3) is 5.69 Å². The lowest BCUT2D eigenvalue weighted by Crippen LogP contribution is -2.20. The number of nitrogens with one attached hydrogen (secondary N) is 1. The van der Waals surface area contributed by atoms with Crippen LogP contribution in [-0.2, 0) is 4.79 Å². The molecular formula is C17H16N6O3S. The molecule has 3 rings (SSSR count). The fraction of sp³-hybridized carbons (Fsp3) is 0.118. The van der Waals surface area contributed by atoms with Gasteiger partial charge in [-0.15, -0.1) is 5.10 Å². The van der Waals surface area contributed by atoms with Gasteiger partial charge in [0.15, 0.2) is 11.5 Å². The molecule has 1 heterocycles. The molecule has 0 radical (unpaired) electrons. The fourth-order valence-electron chi connectivity index (χ4n) is 2.12. The monoisotopic (exact) mass is 384 g/mol. The van der Waals surface area contributed by atoms with Gasteiger partial charge < -0.3 is 9.84 Å². The molecule has 2 aromatic carbocycles. The van der Waals surface area contributed by atoms with Crippen molar-refractivity contribution in [2.75, 3.05) is 12.9 Å². The maximum atomic E-state index is 12.0. The third-order valence-electron chi connectivity index (χ3n) is 3.38. The summed E-state index contributed by atoms with van der Waals surface area (Å²) in [6.07, 6.45) is 1.46. The van der Waals surface area contributed by atoms with Crippen molar-refractivity contribution in [2.45, 2.75) is 5.16 Å². The minimum absolute atomic E-state index is 0.0335. The standard InChI is InChI=1S/C17H16N6O3S/c1-26-15-9-12(7-8-14(15)24)10-18-19-16(25)11-27-17-20-21-22-23(17)13-5-3-2-4-6-13/h2-10,24H,11H2,1H3,(H,19,25). The van der Waals surface area contributed by atoms with E-state index in [1.807, 2.05) is 30.3 Å². The second-order valence-electron chi connectivity index (χ2n) is 5.22. The van der Waals surface area contributed by atoms with E-state index < -0.39 is 0 Å². The molecule has 1 aromatic heterocycles. The summed E-state index contributed by atoms with van der Waals surface area (Å²) in [5.41, 5.74) is 3.92. The highest BCUT2D eigenvalue weighted by Crippen LogP contribution is 2.25. The molecule has 1 amide bonds. The number of nitrogens with zero attached hydrogens (tertiary/aromatic N) is 5. The van der Waals surface area contributed by atoms with Crippen molar-refractivity contribution in [1.29, 1.82) is 0 Å². The zero-order valence-corrected chi connectivity index (χ0v) is 15.1. The quantitative estimate of drug-likeness (QED) is 0.361. The summed E-state index contributed by atoms with van der Waals surface area (Å²) >= 11 is 1.20. The molecule has 3 aromatic rings. The molecule has 0 aliphatic heterocycles. The lowest BCUT2D eigenvalue weighted by molar-refractivity contribution is -0.118. The van der Waals surface area contributed by atoms with Gasteiger partial charge in [-0.05, 0) is 46.3 Å². The Morgan fingerprint density at radius 3 is 2.93 bits per heavy atom. The van der Waals surface area contributed by atoms with Gasteiger partial charge in [0.25, 0.3) is 5.91 Å². The third kappa shape index (κ3) is 4.82.